The summed E-state index contributed by atoms with van der Waals surface area (Å²) in [5, 5.41) is 0.668. The Morgan fingerprint density at radius 3 is 2.30 bits per heavy atom. The lowest BCUT2D eigenvalue weighted by molar-refractivity contribution is -0.133. The molecular formula is C32H33Cl2N3O3. The van der Waals surface area contributed by atoms with Crippen LogP contribution in [0.1, 0.15) is 41.0 Å². The zero-order valence-electron chi connectivity index (χ0n) is 22.9. The van der Waals surface area contributed by atoms with Crippen LogP contribution in [0.15, 0.2) is 91.1 Å². The summed E-state index contributed by atoms with van der Waals surface area (Å²) in [5.41, 5.74) is 3.47. The Kier molecular flexibility index (Phi) is 9.91. The van der Waals surface area contributed by atoms with E-state index in [0.717, 1.165) is 22.6 Å². The van der Waals surface area contributed by atoms with Crippen molar-refractivity contribution in [2.24, 2.45) is 0 Å². The van der Waals surface area contributed by atoms with Gasteiger partial charge in [0.2, 0.25) is 5.91 Å². The summed E-state index contributed by atoms with van der Waals surface area (Å²) in [6.45, 7) is 5.16. The van der Waals surface area contributed by atoms with E-state index in [9.17, 15) is 9.59 Å². The Hall–Kier alpha value is -3.74. The van der Waals surface area contributed by atoms with Gasteiger partial charge in [-0.2, -0.15) is 0 Å². The molecule has 1 heterocycles. The van der Waals surface area contributed by atoms with Gasteiger partial charge in [-0.1, -0.05) is 65.7 Å². The van der Waals surface area contributed by atoms with Crippen molar-refractivity contribution in [3.8, 4) is 5.75 Å². The minimum absolute atomic E-state index is 0.0693. The first-order valence-corrected chi connectivity index (χ1v) is 13.9. The molecule has 0 aliphatic rings. The number of ether oxygens (including phenoxy) is 1. The SMILES string of the molecule is COc1cccc(Cn2cccc2CN(Cc2ccccc2)C(=O)CN(C(=O)c2ccc(Cl)c(Cl)c2)C(C)C)c1. The van der Waals surface area contributed by atoms with Crippen LogP contribution in [0.3, 0.4) is 0 Å². The molecule has 0 aliphatic heterocycles. The fourth-order valence-electron chi connectivity index (χ4n) is 4.48. The van der Waals surface area contributed by atoms with E-state index in [4.69, 9.17) is 27.9 Å². The average Bonchev–Trinajstić information content (AvgIpc) is 3.39. The van der Waals surface area contributed by atoms with Gasteiger partial charge in [-0.3, -0.25) is 9.59 Å². The molecule has 8 heteroatoms. The van der Waals surface area contributed by atoms with Crippen LogP contribution >= 0.6 is 23.2 Å². The van der Waals surface area contributed by atoms with Crippen LogP contribution in [0.4, 0.5) is 0 Å². The molecule has 0 aliphatic carbocycles. The zero-order valence-corrected chi connectivity index (χ0v) is 24.4. The van der Waals surface area contributed by atoms with Crippen molar-refractivity contribution >= 4 is 35.0 Å². The third kappa shape index (κ3) is 7.46. The molecule has 0 saturated heterocycles. The van der Waals surface area contributed by atoms with Crippen molar-refractivity contribution < 1.29 is 14.3 Å². The van der Waals surface area contributed by atoms with Crippen LogP contribution in [0.2, 0.25) is 10.0 Å². The van der Waals surface area contributed by atoms with Gasteiger partial charge in [-0.25, -0.2) is 0 Å². The third-order valence-corrected chi connectivity index (χ3v) is 7.43. The summed E-state index contributed by atoms with van der Waals surface area (Å²) in [5.74, 6) is 0.371. The molecule has 40 heavy (non-hydrogen) atoms. The molecule has 0 spiro atoms. The number of carbonyl (C=O) groups is 2. The number of hydrogen-bond acceptors (Lipinski definition) is 3. The first-order valence-electron chi connectivity index (χ1n) is 13.1. The standard InChI is InChI=1S/C32H33Cl2N3O3/c1-23(2)37(32(39)26-14-15-29(33)30(34)18-26)22-31(38)36(19-24-9-5-4-6-10-24)21-27-12-8-16-35(27)20-25-11-7-13-28(17-25)40-3/h4-18,23H,19-22H2,1-3H3. The molecular weight excluding hydrogens is 545 g/mol. The molecule has 2 amide bonds. The number of benzene rings is 3. The number of methoxy groups -OCH3 is 1. The average molecular weight is 579 g/mol. The molecule has 1 aromatic heterocycles. The highest BCUT2D eigenvalue weighted by Gasteiger charge is 2.26. The summed E-state index contributed by atoms with van der Waals surface area (Å²) < 4.78 is 7.50. The second kappa shape index (κ2) is 13.6. The number of aromatic nitrogens is 1. The van der Waals surface area contributed by atoms with Crippen LogP contribution < -0.4 is 4.74 Å². The van der Waals surface area contributed by atoms with Crippen molar-refractivity contribution in [2.75, 3.05) is 13.7 Å². The molecule has 4 aromatic rings. The highest BCUT2D eigenvalue weighted by atomic mass is 35.5. The van der Waals surface area contributed by atoms with Crippen LogP contribution in [-0.2, 0) is 24.4 Å². The van der Waals surface area contributed by atoms with Gasteiger partial charge in [0.25, 0.3) is 5.91 Å². The molecule has 208 valence electrons. The van der Waals surface area contributed by atoms with Crippen molar-refractivity contribution in [2.45, 2.75) is 39.5 Å². The zero-order chi connectivity index (χ0) is 28.6. The summed E-state index contributed by atoms with van der Waals surface area (Å²) in [6.07, 6.45) is 2.01. The lowest BCUT2D eigenvalue weighted by Gasteiger charge is -2.30. The van der Waals surface area contributed by atoms with Crippen LogP contribution in [0.5, 0.6) is 5.75 Å². The lowest BCUT2D eigenvalue weighted by Crippen LogP contribution is -2.45. The number of halogens is 2. The quantitative estimate of drug-likeness (QED) is 0.194. The van der Waals surface area contributed by atoms with Gasteiger partial charge in [0, 0.05) is 36.6 Å². The molecule has 6 nitrogen and oxygen atoms in total. The maximum Gasteiger partial charge on any atom is 0.254 e. The molecule has 3 aromatic carbocycles. The molecule has 0 radical (unpaired) electrons. The fourth-order valence-corrected chi connectivity index (χ4v) is 4.77. The van der Waals surface area contributed by atoms with Gasteiger partial charge in [-0.05, 0) is 67.4 Å². The Balaban J connectivity index is 1.57. The summed E-state index contributed by atoms with van der Waals surface area (Å²) in [4.78, 5) is 30.7. The molecule has 4 rings (SSSR count). The summed E-state index contributed by atoms with van der Waals surface area (Å²) >= 11 is 12.2. The Bertz CT molecular complexity index is 1450. The number of amides is 2. The third-order valence-electron chi connectivity index (χ3n) is 6.69. The van der Waals surface area contributed by atoms with E-state index in [1.54, 1.807) is 35.1 Å². The number of hydrogen-bond donors (Lipinski definition) is 0. The van der Waals surface area contributed by atoms with Gasteiger partial charge in [0.15, 0.2) is 0 Å². The van der Waals surface area contributed by atoms with Crippen molar-refractivity contribution in [3.63, 3.8) is 0 Å². The van der Waals surface area contributed by atoms with Crippen LogP contribution in [0, 0.1) is 0 Å². The van der Waals surface area contributed by atoms with E-state index in [1.165, 1.54) is 0 Å². The highest BCUT2D eigenvalue weighted by Crippen LogP contribution is 2.24. The van der Waals surface area contributed by atoms with Gasteiger partial charge >= 0.3 is 0 Å². The minimum atomic E-state index is -0.275. The number of rotatable bonds is 11. The van der Waals surface area contributed by atoms with Gasteiger partial charge < -0.3 is 19.1 Å². The smallest absolute Gasteiger partial charge is 0.254 e. The predicted octanol–water partition coefficient (Wildman–Crippen LogP) is 6.93. The van der Waals surface area contributed by atoms with E-state index in [0.29, 0.717) is 35.2 Å². The normalized spacial score (nSPS) is 10.9. The Labute approximate surface area is 245 Å². The predicted molar refractivity (Wildman–Crippen MR) is 160 cm³/mol. The van der Waals surface area contributed by atoms with Gasteiger partial charge in [-0.15, -0.1) is 0 Å². The second-order valence-electron chi connectivity index (χ2n) is 9.87. The highest BCUT2D eigenvalue weighted by molar-refractivity contribution is 6.42. The van der Waals surface area contributed by atoms with E-state index >= 15 is 0 Å². The maximum atomic E-state index is 13.9. The minimum Gasteiger partial charge on any atom is -0.497 e. The lowest BCUT2D eigenvalue weighted by atomic mass is 10.1. The number of nitrogens with zero attached hydrogens (tertiary/aromatic N) is 3. The largest absolute Gasteiger partial charge is 0.497 e. The van der Waals surface area contributed by atoms with Crippen LogP contribution in [0.25, 0.3) is 0 Å². The maximum absolute atomic E-state index is 13.9. The molecule has 0 N–H and O–H groups in total. The van der Waals surface area contributed by atoms with Crippen molar-refractivity contribution in [1.29, 1.82) is 0 Å². The monoisotopic (exact) mass is 577 g/mol. The molecule has 0 fully saturated rings. The molecule has 0 saturated carbocycles. The van der Waals surface area contributed by atoms with E-state index in [-0.39, 0.29) is 24.4 Å². The van der Waals surface area contributed by atoms with Crippen molar-refractivity contribution in [1.82, 2.24) is 14.4 Å². The topological polar surface area (TPSA) is 54.8 Å². The van der Waals surface area contributed by atoms with Crippen LogP contribution in [-0.4, -0.2) is 45.9 Å². The van der Waals surface area contributed by atoms with E-state index in [2.05, 4.69) is 4.57 Å². The summed E-state index contributed by atoms with van der Waals surface area (Å²) in [6, 6.07) is 26.4. The van der Waals surface area contributed by atoms with E-state index < -0.39 is 0 Å². The Morgan fingerprint density at radius 2 is 1.60 bits per heavy atom. The first kappa shape index (κ1) is 29.2. The number of carbonyl (C=O) groups excluding carboxylic acids is 2. The molecule has 0 atom stereocenters. The fraction of sp³-hybridized carbons (Fsp3) is 0.250. The molecule has 0 unspecified atom stereocenters. The van der Waals surface area contributed by atoms with E-state index in [1.807, 2.05) is 86.8 Å². The second-order valence-corrected chi connectivity index (χ2v) is 10.7. The van der Waals surface area contributed by atoms with Gasteiger partial charge in [0.1, 0.15) is 12.3 Å². The first-order chi connectivity index (χ1) is 19.2. The molecule has 0 bridgehead atoms. The Morgan fingerprint density at radius 1 is 0.850 bits per heavy atom. The van der Waals surface area contributed by atoms with Crippen molar-refractivity contribution in [3.05, 3.63) is 124 Å². The van der Waals surface area contributed by atoms with Gasteiger partial charge in [0.05, 0.1) is 23.7 Å². The summed E-state index contributed by atoms with van der Waals surface area (Å²) in [7, 11) is 1.65.